The van der Waals surface area contributed by atoms with E-state index >= 15 is 0 Å². The minimum atomic E-state index is -3.63. The zero-order valence-electron chi connectivity index (χ0n) is 8.31. The molecule has 0 radical (unpaired) electrons. The van der Waals surface area contributed by atoms with Crippen LogP contribution in [0.4, 0.5) is 0 Å². The largest absolute Gasteiger partial charge is 0.410 e. The Bertz CT molecular complexity index is 334. The van der Waals surface area contributed by atoms with E-state index in [0.29, 0.717) is 0 Å². The third kappa shape index (κ3) is 2.69. The van der Waals surface area contributed by atoms with E-state index in [-0.39, 0.29) is 5.75 Å². The second-order valence-electron chi connectivity index (χ2n) is 2.68. The molecule has 0 bridgehead atoms. The average Bonchev–Trinajstić information content (AvgIpc) is 2.17. The Morgan fingerprint density at radius 3 is 2.36 bits per heavy atom. The second kappa shape index (κ2) is 4.94. The highest BCUT2D eigenvalue weighted by atomic mass is 32.2. The van der Waals surface area contributed by atoms with E-state index in [1.54, 1.807) is 0 Å². The van der Waals surface area contributed by atoms with Gasteiger partial charge in [-0.3, -0.25) is 4.79 Å². The van der Waals surface area contributed by atoms with Gasteiger partial charge in [-0.05, 0) is 6.92 Å². The van der Waals surface area contributed by atoms with E-state index < -0.39 is 26.7 Å². The van der Waals surface area contributed by atoms with E-state index in [1.165, 1.54) is 20.9 Å². The van der Waals surface area contributed by atoms with E-state index in [1.807, 2.05) is 0 Å². The van der Waals surface area contributed by atoms with E-state index in [0.717, 1.165) is 0 Å². The standard InChI is InChI=1S/C7H14N2O4S/c1-4-14(12,13)7(9-11)5(2)6(10)8-3/h5,11H,4H2,1-3H3,(H,8,10)/b9-7+. The number of rotatable bonds is 3. The molecule has 0 fully saturated rings. The Hall–Kier alpha value is -1.11. The number of sulfone groups is 1. The van der Waals surface area contributed by atoms with Gasteiger partial charge in [0.15, 0.2) is 14.9 Å². The summed E-state index contributed by atoms with van der Waals surface area (Å²) < 4.78 is 22.6. The highest BCUT2D eigenvalue weighted by Crippen LogP contribution is 2.07. The van der Waals surface area contributed by atoms with Gasteiger partial charge < -0.3 is 10.5 Å². The molecule has 0 aliphatic carbocycles. The third-order valence-electron chi connectivity index (χ3n) is 1.81. The molecule has 0 rings (SSSR count). The van der Waals surface area contributed by atoms with Crippen LogP contribution < -0.4 is 5.32 Å². The van der Waals surface area contributed by atoms with Crippen LogP contribution in [0.15, 0.2) is 5.16 Å². The number of hydrogen-bond donors (Lipinski definition) is 2. The van der Waals surface area contributed by atoms with Crippen molar-refractivity contribution in [3.05, 3.63) is 0 Å². The number of nitrogens with one attached hydrogen (secondary N) is 1. The summed E-state index contributed by atoms with van der Waals surface area (Å²) in [5.41, 5.74) is 0. The van der Waals surface area contributed by atoms with E-state index in [4.69, 9.17) is 5.21 Å². The molecule has 0 saturated heterocycles. The van der Waals surface area contributed by atoms with Crippen LogP contribution in [-0.2, 0) is 14.6 Å². The molecule has 0 aliphatic rings. The lowest BCUT2D eigenvalue weighted by Gasteiger charge is -2.10. The van der Waals surface area contributed by atoms with Crippen LogP contribution in [0.5, 0.6) is 0 Å². The van der Waals surface area contributed by atoms with Crippen LogP contribution in [0.25, 0.3) is 0 Å². The topological polar surface area (TPSA) is 95.8 Å². The average molecular weight is 222 g/mol. The Balaban J connectivity index is 5.05. The molecule has 1 unspecified atom stereocenters. The fourth-order valence-electron chi connectivity index (χ4n) is 0.895. The molecule has 2 N–H and O–H groups in total. The molecule has 7 heteroatoms. The van der Waals surface area contributed by atoms with Crippen molar-refractivity contribution in [1.29, 1.82) is 0 Å². The minimum Gasteiger partial charge on any atom is -0.410 e. The molecule has 1 amide bonds. The molecule has 14 heavy (non-hydrogen) atoms. The van der Waals surface area contributed by atoms with Crippen molar-refractivity contribution in [2.45, 2.75) is 13.8 Å². The van der Waals surface area contributed by atoms with E-state index in [9.17, 15) is 13.2 Å². The molecule has 0 aliphatic heterocycles. The van der Waals surface area contributed by atoms with Gasteiger partial charge in [0, 0.05) is 7.05 Å². The van der Waals surface area contributed by atoms with Gasteiger partial charge in [0.05, 0.1) is 11.7 Å². The maximum Gasteiger partial charge on any atom is 0.229 e. The first kappa shape index (κ1) is 12.9. The molecule has 0 aromatic heterocycles. The normalized spacial score (nSPS) is 14.9. The molecule has 82 valence electrons. The van der Waals surface area contributed by atoms with Crippen molar-refractivity contribution in [2.75, 3.05) is 12.8 Å². The number of nitrogens with zero attached hydrogens (tertiary/aromatic N) is 1. The van der Waals surface area contributed by atoms with Gasteiger partial charge in [0.1, 0.15) is 0 Å². The van der Waals surface area contributed by atoms with Crippen LogP contribution in [-0.4, -0.2) is 37.4 Å². The number of hydrogen-bond acceptors (Lipinski definition) is 5. The van der Waals surface area contributed by atoms with Gasteiger partial charge >= 0.3 is 0 Å². The summed E-state index contributed by atoms with van der Waals surface area (Å²) in [4.78, 5) is 11.1. The van der Waals surface area contributed by atoms with Crippen molar-refractivity contribution in [2.24, 2.45) is 11.1 Å². The zero-order valence-corrected chi connectivity index (χ0v) is 9.13. The quantitative estimate of drug-likeness (QED) is 0.294. The molecule has 6 nitrogen and oxygen atoms in total. The predicted octanol–water partition coefficient (Wildman–Crippen LogP) is -0.409. The van der Waals surface area contributed by atoms with Crippen LogP contribution in [0.2, 0.25) is 0 Å². The Kier molecular flexibility index (Phi) is 4.55. The van der Waals surface area contributed by atoms with Crippen LogP contribution in [0.1, 0.15) is 13.8 Å². The Morgan fingerprint density at radius 2 is 2.07 bits per heavy atom. The zero-order chi connectivity index (χ0) is 11.4. The van der Waals surface area contributed by atoms with Crippen molar-refractivity contribution >= 4 is 20.8 Å². The summed E-state index contributed by atoms with van der Waals surface area (Å²) in [6.45, 7) is 2.78. The fraction of sp³-hybridized carbons (Fsp3) is 0.714. The second-order valence-corrected chi connectivity index (χ2v) is 4.90. The van der Waals surface area contributed by atoms with Gasteiger partial charge in [-0.2, -0.15) is 0 Å². The summed E-state index contributed by atoms with van der Waals surface area (Å²) in [7, 11) is -2.24. The smallest absolute Gasteiger partial charge is 0.229 e. The maximum atomic E-state index is 11.3. The van der Waals surface area contributed by atoms with Gasteiger partial charge in [-0.15, -0.1) is 0 Å². The lowest BCUT2D eigenvalue weighted by Crippen LogP contribution is -2.35. The first-order chi connectivity index (χ1) is 6.40. The monoisotopic (exact) mass is 222 g/mol. The van der Waals surface area contributed by atoms with E-state index in [2.05, 4.69) is 10.5 Å². The van der Waals surface area contributed by atoms with Gasteiger partial charge in [0.2, 0.25) is 5.91 Å². The number of amides is 1. The maximum absolute atomic E-state index is 11.3. The summed E-state index contributed by atoms with van der Waals surface area (Å²) >= 11 is 0. The fourth-order valence-corrected chi connectivity index (χ4v) is 1.96. The first-order valence-corrected chi connectivity index (χ1v) is 5.72. The number of carbonyl (C=O) groups is 1. The molecular formula is C7H14N2O4S. The highest BCUT2D eigenvalue weighted by Gasteiger charge is 2.29. The van der Waals surface area contributed by atoms with Crippen LogP contribution >= 0.6 is 0 Å². The van der Waals surface area contributed by atoms with Crippen LogP contribution in [0, 0.1) is 5.92 Å². The third-order valence-corrected chi connectivity index (χ3v) is 3.64. The van der Waals surface area contributed by atoms with Gasteiger partial charge in [-0.25, -0.2) is 8.42 Å². The first-order valence-electron chi connectivity index (χ1n) is 4.07. The number of oxime groups is 1. The SMILES string of the molecule is CCS(=O)(=O)/C(=N/O)C(C)C(=O)NC. The van der Waals surface area contributed by atoms with Crippen molar-refractivity contribution in [3.63, 3.8) is 0 Å². The summed E-state index contributed by atoms with van der Waals surface area (Å²) in [6, 6.07) is 0. The summed E-state index contributed by atoms with van der Waals surface area (Å²) in [5.74, 6) is -1.68. The van der Waals surface area contributed by atoms with Crippen molar-refractivity contribution < 1.29 is 18.4 Å². The Morgan fingerprint density at radius 1 is 1.57 bits per heavy atom. The number of carbonyl (C=O) groups excluding carboxylic acids is 1. The molecule has 0 saturated carbocycles. The van der Waals surface area contributed by atoms with Crippen molar-refractivity contribution in [1.82, 2.24) is 5.32 Å². The van der Waals surface area contributed by atoms with Crippen molar-refractivity contribution in [3.8, 4) is 0 Å². The molecule has 0 spiro atoms. The lowest BCUT2D eigenvalue weighted by molar-refractivity contribution is -0.122. The van der Waals surface area contributed by atoms with Crippen LogP contribution in [0.3, 0.4) is 0 Å². The Labute approximate surface area is 82.9 Å². The van der Waals surface area contributed by atoms with Gasteiger partial charge in [0.25, 0.3) is 0 Å². The van der Waals surface area contributed by atoms with Gasteiger partial charge in [-0.1, -0.05) is 12.1 Å². The molecule has 0 heterocycles. The molecular weight excluding hydrogens is 208 g/mol. The summed E-state index contributed by atoms with van der Waals surface area (Å²) in [6.07, 6.45) is 0. The highest BCUT2D eigenvalue weighted by molar-refractivity contribution is 8.06. The minimum absolute atomic E-state index is 0.201. The molecule has 1 atom stereocenters. The predicted molar refractivity (Wildman–Crippen MR) is 51.9 cm³/mol. The molecule has 0 aromatic rings. The molecule has 0 aromatic carbocycles. The summed E-state index contributed by atoms with van der Waals surface area (Å²) in [5, 5.41) is 13.0. The lowest BCUT2D eigenvalue weighted by atomic mass is 10.2.